The number of phenolic OH excluding ortho intramolecular Hbond substituents is 1. The quantitative estimate of drug-likeness (QED) is 0.749. The van der Waals surface area contributed by atoms with E-state index < -0.39 is 6.10 Å². The highest BCUT2D eigenvalue weighted by molar-refractivity contribution is 5.85. The second kappa shape index (κ2) is 6.80. The molecule has 1 aromatic rings. The maximum Gasteiger partial charge on any atom is 0.128 e. The maximum atomic E-state index is 10.5. The Kier molecular flexibility index (Phi) is 5.76. The molecule has 1 atom stereocenters. The summed E-state index contributed by atoms with van der Waals surface area (Å²) in [5.41, 5.74) is 2.42. The lowest BCUT2D eigenvalue weighted by Gasteiger charge is -2.27. The van der Waals surface area contributed by atoms with Crippen LogP contribution in [-0.2, 0) is 10.8 Å². The summed E-state index contributed by atoms with van der Waals surface area (Å²) in [5, 5.41) is 28.7. The molecule has 0 amide bonds. The third-order valence-electron chi connectivity index (χ3n) is 3.57. The molecule has 0 radical (unpaired) electrons. The molecule has 124 valence electrons. The first kappa shape index (κ1) is 18.7. The Balaban J connectivity index is 3.31. The Labute approximate surface area is 133 Å². The molecule has 1 rings (SSSR count). The van der Waals surface area contributed by atoms with Gasteiger partial charge in [0, 0.05) is 17.3 Å². The SMILES string of the molecule is CC(C)(C)c1cc(C=NCC(O)CO)c(O)c(C(C)(C)C)c1. The molecule has 0 aliphatic heterocycles. The van der Waals surface area contributed by atoms with Gasteiger partial charge in [0.25, 0.3) is 0 Å². The maximum absolute atomic E-state index is 10.5. The molecule has 4 nitrogen and oxygen atoms in total. The number of rotatable bonds is 4. The van der Waals surface area contributed by atoms with Crippen molar-refractivity contribution in [1.82, 2.24) is 0 Å². The Morgan fingerprint density at radius 2 is 1.68 bits per heavy atom. The summed E-state index contributed by atoms with van der Waals surface area (Å²) in [6.07, 6.45) is 0.699. The fraction of sp³-hybridized carbons (Fsp3) is 0.611. The van der Waals surface area contributed by atoms with Gasteiger partial charge in [-0.2, -0.15) is 0 Å². The fourth-order valence-corrected chi connectivity index (χ4v) is 2.09. The lowest BCUT2D eigenvalue weighted by molar-refractivity contribution is 0.102. The van der Waals surface area contributed by atoms with Crippen molar-refractivity contribution in [3.63, 3.8) is 0 Å². The van der Waals surface area contributed by atoms with Gasteiger partial charge in [0.05, 0.1) is 19.3 Å². The largest absolute Gasteiger partial charge is 0.507 e. The number of aromatic hydroxyl groups is 1. The predicted molar refractivity (Wildman–Crippen MR) is 91.1 cm³/mol. The molecule has 4 heteroatoms. The van der Waals surface area contributed by atoms with Crippen LogP contribution in [0.3, 0.4) is 0 Å². The number of aliphatic hydroxyl groups excluding tert-OH is 2. The van der Waals surface area contributed by atoms with Crippen molar-refractivity contribution in [1.29, 1.82) is 0 Å². The number of aliphatic hydroxyl groups is 2. The van der Waals surface area contributed by atoms with Crippen molar-refractivity contribution in [3.8, 4) is 5.75 Å². The van der Waals surface area contributed by atoms with Crippen molar-refractivity contribution < 1.29 is 15.3 Å². The highest BCUT2D eigenvalue weighted by Crippen LogP contribution is 2.37. The van der Waals surface area contributed by atoms with E-state index in [4.69, 9.17) is 5.11 Å². The smallest absolute Gasteiger partial charge is 0.128 e. The summed E-state index contributed by atoms with van der Waals surface area (Å²) in [6, 6.07) is 3.98. The van der Waals surface area contributed by atoms with Gasteiger partial charge in [0.1, 0.15) is 5.75 Å². The number of benzene rings is 1. The lowest BCUT2D eigenvalue weighted by Crippen LogP contribution is -2.18. The third kappa shape index (κ3) is 4.82. The van der Waals surface area contributed by atoms with Gasteiger partial charge >= 0.3 is 0 Å². The van der Waals surface area contributed by atoms with E-state index in [1.807, 2.05) is 6.07 Å². The van der Waals surface area contributed by atoms with E-state index in [0.29, 0.717) is 5.56 Å². The van der Waals surface area contributed by atoms with E-state index >= 15 is 0 Å². The average Bonchev–Trinajstić information content (AvgIpc) is 2.37. The van der Waals surface area contributed by atoms with Crippen LogP contribution >= 0.6 is 0 Å². The average molecular weight is 307 g/mol. The number of hydrogen-bond donors (Lipinski definition) is 3. The number of nitrogens with zero attached hydrogens (tertiary/aromatic N) is 1. The molecule has 0 aliphatic rings. The van der Waals surface area contributed by atoms with Crippen LogP contribution in [0.5, 0.6) is 5.75 Å². The highest BCUT2D eigenvalue weighted by Gasteiger charge is 2.24. The van der Waals surface area contributed by atoms with Crippen LogP contribution in [0.2, 0.25) is 0 Å². The summed E-state index contributed by atoms with van der Waals surface area (Å²) < 4.78 is 0. The van der Waals surface area contributed by atoms with Crippen molar-refractivity contribution in [2.45, 2.75) is 58.5 Å². The second-order valence-corrected chi connectivity index (χ2v) is 7.79. The lowest BCUT2D eigenvalue weighted by atomic mass is 9.79. The van der Waals surface area contributed by atoms with Gasteiger partial charge in [-0.1, -0.05) is 47.6 Å². The minimum absolute atomic E-state index is 0.0408. The molecule has 0 saturated carbocycles. The van der Waals surface area contributed by atoms with Gasteiger partial charge < -0.3 is 15.3 Å². The van der Waals surface area contributed by atoms with Crippen molar-refractivity contribution >= 4 is 6.21 Å². The predicted octanol–water partition coefficient (Wildman–Crippen LogP) is 2.76. The van der Waals surface area contributed by atoms with E-state index in [1.54, 1.807) is 6.21 Å². The number of phenols is 1. The zero-order chi connectivity index (χ0) is 17.1. The number of aliphatic imine (C=N–C) groups is 1. The third-order valence-corrected chi connectivity index (χ3v) is 3.57. The molecule has 0 fully saturated rings. The van der Waals surface area contributed by atoms with Crippen molar-refractivity contribution in [2.75, 3.05) is 13.2 Å². The van der Waals surface area contributed by atoms with Gasteiger partial charge in [-0.3, -0.25) is 4.99 Å². The molecule has 3 N–H and O–H groups in total. The normalized spacial score (nSPS) is 14.5. The van der Waals surface area contributed by atoms with Crippen molar-refractivity contribution in [2.24, 2.45) is 4.99 Å². The Bertz CT molecular complexity index is 536. The molecule has 0 spiro atoms. The first-order chi connectivity index (χ1) is 9.96. The summed E-state index contributed by atoms with van der Waals surface area (Å²) in [5.74, 6) is 0.225. The molecule has 22 heavy (non-hydrogen) atoms. The van der Waals surface area contributed by atoms with E-state index in [9.17, 15) is 10.2 Å². The van der Waals surface area contributed by atoms with E-state index in [1.165, 1.54) is 0 Å². The van der Waals surface area contributed by atoms with E-state index in [0.717, 1.165) is 11.1 Å². The molecule has 0 heterocycles. The van der Waals surface area contributed by atoms with Crippen LogP contribution in [0.1, 0.15) is 58.2 Å². The molecular weight excluding hydrogens is 278 g/mol. The van der Waals surface area contributed by atoms with Crippen LogP contribution in [0.25, 0.3) is 0 Å². The highest BCUT2D eigenvalue weighted by atomic mass is 16.3. The van der Waals surface area contributed by atoms with Gasteiger partial charge in [-0.05, 0) is 22.5 Å². The topological polar surface area (TPSA) is 73.1 Å². The Hall–Kier alpha value is -1.39. The second-order valence-electron chi connectivity index (χ2n) is 7.79. The van der Waals surface area contributed by atoms with E-state index in [2.05, 4.69) is 52.6 Å². The van der Waals surface area contributed by atoms with Gasteiger partial charge in [0.15, 0.2) is 0 Å². The first-order valence-electron chi connectivity index (χ1n) is 7.63. The summed E-state index contributed by atoms with van der Waals surface area (Å²) >= 11 is 0. The monoisotopic (exact) mass is 307 g/mol. The van der Waals surface area contributed by atoms with Crippen LogP contribution in [0.15, 0.2) is 17.1 Å². The Morgan fingerprint density at radius 3 is 2.14 bits per heavy atom. The van der Waals surface area contributed by atoms with Gasteiger partial charge in [-0.15, -0.1) is 0 Å². The molecular formula is C18H29NO3. The van der Waals surface area contributed by atoms with Crippen molar-refractivity contribution in [3.05, 3.63) is 28.8 Å². The summed E-state index contributed by atoms with van der Waals surface area (Å²) in [7, 11) is 0. The van der Waals surface area contributed by atoms with Crippen LogP contribution < -0.4 is 0 Å². The minimum Gasteiger partial charge on any atom is -0.507 e. The van der Waals surface area contributed by atoms with Gasteiger partial charge in [0.2, 0.25) is 0 Å². The van der Waals surface area contributed by atoms with Gasteiger partial charge in [-0.25, -0.2) is 0 Å². The minimum atomic E-state index is -0.869. The molecule has 1 aromatic carbocycles. The standard InChI is InChI=1S/C18H29NO3/c1-17(2,3)13-7-12(9-19-10-14(21)11-20)16(22)15(8-13)18(4,5)6/h7-9,14,20-22H,10-11H2,1-6H3. The molecule has 0 aliphatic carbocycles. The fourth-order valence-electron chi connectivity index (χ4n) is 2.09. The first-order valence-corrected chi connectivity index (χ1v) is 7.63. The number of hydrogen-bond acceptors (Lipinski definition) is 4. The van der Waals surface area contributed by atoms with Crippen LogP contribution in [-0.4, -0.2) is 40.8 Å². The van der Waals surface area contributed by atoms with Crippen LogP contribution in [0.4, 0.5) is 0 Å². The zero-order valence-corrected chi connectivity index (χ0v) is 14.5. The molecule has 0 saturated heterocycles. The molecule has 1 unspecified atom stereocenters. The summed E-state index contributed by atoms with van der Waals surface area (Å²) in [6.45, 7) is 12.4. The Morgan fingerprint density at radius 1 is 1.09 bits per heavy atom. The van der Waals surface area contributed by atoms with Crippen LogP contribution in [0, 0.1) is 0 Å². The molecule has 0 bridgehead atoms. The molecule has 0 aromatic heterocycles. The zero-order valence-electron chi connectivity index (χ0n) is 14.5. The summed E-state index contributed by atoms with van der Waals surface area (Å²) in [4.78, 5) is 4.12. The van der Waals surface area contributed by atoms with E-state index in [-0.39, 0.29) is 29.7 Å².